The van der Waals surface area contributed by atoms with Crippen molar-refractivity contribution >= 4 is 40.7 Å². The molecule has 0 aliphatic rings. The first-order chi connectivity index (χ1) is 11.8. The molecule has 138 valence electrons. The van der Waals surface area contributed by atoms with Crippen LogP contribution in [0.4, 0.5) is 0 Å². The Labute approximate surface area is 169 Å². The van der Waals surface area contributed by atoms with Gasteiger partial charge in [-0.25, -0.2) is 0 Å². The van der Waals surface area contributed by atoms with Crippen LogP contribution in [0.5, 0.6) is 0 Å². The molecule has 0 radical (unpaired) electrons. The van der Waals surface area contributed by atoms with Crippen molar-refractivity contribution in [3.05, 3.63) is 54.4 Å². The van der Waals surface area contributed by atoms with Crippen molar-refractivity contribution in [3.8, 4) is 0 Å². The van der Waals surface area contributed by atoms with E-state index in [0.29, 0.717) is 18.1 Å². The summed E-state index contributed by atoms with van der Waals surface area (Å²) in [5.74, 6) is 1.94. The van der Waals surface area contributed by atoms with Crippen LogP contribution in [0, 0.1) is 0 Å². The van der Waals surface area contributed by atoms with Gasteiger partial charge in [0.15, 0.2) is 5.96 Å². The second-order valence-corrected chi connectivity index (χ2v) is 6.90. The van der Waals surface area contributed by atoms with E-state index in [0.717, 1.165) is 31.0 Å². The van der Waals surface area contributed by atoms with Gasteiger partial charge in [-0.2, -0.15) is 5.10 Å². The summed E-state index contributed by atoms with van der Waals surface area (Å²) in [5.41, 5.74) is 1.11. The molecule has 0 amide bonds. The predicted molar refractivity (Wildman–Crippen MR) is 115 cm³/mol. The molecule has 1 aromatic carbocycles. The number of nitrogens with zero attached hydrogens (tertiary/aromatic N) is 3. The molecule has 0 fully saturated rings. The summed E-state index contributed by atoms with van der Waals surface area (Å²) in [4.78, 5) is 4.18. The van der Waals surface area contributed by atoms with E-state index in [-0.39, 0.29) is 24.0 Å². The predicted octanol–water partition coefficient (Wildman–Crippen LogP) is 2.01. The lowest BCUT2D eigenvalue weighted by molar-refractivity contribution is 0.570. The fourth-order valence-corrected chi connectivity index (χ4v) is 3.26. The molecule has 2 aromatic rings. The molecule has 0 aliphatic carbocycles. The van der Waals surface area contributed by atoms with Crippen LogP contribution in [0.3, 0.4) is 0 Å². The van der Waals surface area contributed by atoms with Gasteiger partial charge in [-0.3, -0.25) is 13.9 Å². The Hall–Kier alpha value is -1.42. The Morgan fingerprint density at radius 2 is 1.96 bits per heavy atom. The second-order valence-electron chi connectivity index (χ2n) is 5.32. The number of aryl methyl sites for hydroxylation is 1. The maximum Gasteiger partial charge on any atom is 0.191 e. The van der Waals surface area contributed by atoms with E-state index in [1.165, 1.54) is 0 Å². The third-order valence-electron chi connectivity index (χ3n) is 3.43. The zero-order valence-electron chi connectivity index (χ0n) is 14.4. The Morgan fingerprint density at radius 3 is 2.64 bits per heavy atom. The van der Waals surface area contributed by atoms with Crippen LogP contribution in [-0.2, 0) is 23.1 Å². The first-order valence-electron chi connectivity index (χ1n) is 8.09. The number of hydrogen-bond acceptors (Lipinski definition) is 3. The first-order valence-corrected chi connectivity index (χ1v) is 9.57. The van der Waals surface area contributed by atoms with Gasteiger partial charge < -0.3 is 10.6 Å². The second kappa shape index (κ2) is 12.9. The average molecular weight is 475 g/mol. The standard InChI is InChI=1S/C17H25N5OS.HI/c1-18-17(19-9-5-12-22-13-6-10-21-22)20-11-14-24(23)15-16-7-3-2-4-8-16;/h2-4,6-8,10,13H,5,9,11-12,14-15H2,1H3,(H2,18,19,20);1H. The van der Waals surface area contributed by atoms with Crippen molar-refractivity contribution < 1.29 is 4.21 Å². The van der Waals surface area contributed by atoms with Gasteiger partial charge in [-0.1, -0.05) is 30.3 Å². The average Bonchev–Trinajstić information content (AvgIpc) is 3.11. The minimum absolute atomic E-state index is 0. The summed E-state index contributed by atoms with van der Waals surface area (Å²) in [7, 11) is 0.866. The zero-order chi connectivity index (χ0) is 17.0. The largest absolute Gasteiger partial charge is 0.356 e. The van der Waals surface area contributed by atoms with Gasteiger partial charge in [0.05, 0.1) is 0 Å². The molecule has 1 unspecified atom stereocenters. The molecular weight excluding hydrogens is 449 g/mol. The van der Waals surface area contributed by atoms with Crippen LogP contribution in [0.25, 0.3) is 0 Å². The van der Waals surface area contributed by atoms with Crippen LogP contribution >= 0.6 is 24.0 Å². The molecular formula is C17H26IN5OS. The van der Waals surface area contributed by atoms with Crippen molar-refractivity contribution in [2.45, 2.75) is 18.7 Å². The summed E-state index contributed by atoms with van der Waals surface area (Å²) in [5, 5.41) is 10.6. The third kappa shape index (κ3) is 9.01. The lowest BCUT2D eigenvalue weighted by atomic mass is 10.2. The number of hydrogen-bond donors (Lipinski definition) is 2. The van der Waals surface area contributed by atoms with Gasteiger partial charge in [-0.05, 0) is 18.1 Å². The monoisotopic (exact) mass is 475 g/mol. The molecule has 1 atom stereocenters. The molecule has 25 heavy (non-hydrogen) atoms. The fraction of sp³-hybridized carbons (Fsp3) is 0.412. The Bertz CT molecular complexity index is 634. The lowest BCUT2D eigenvalue weighted by Gasteiger charge is -2.11. The number of aromatic nitrogens is 2. The minimum Gasteiger partial charge on any atom is -0.356 e. The quantitative estimate of drug-likeness (QED) is 0.252. The highest BCUT2D eigenvalue weighted by Crippen LogP contribution is 2.02. The van der Waals surface area contributed by atoms with E-state index >= 15 is 0 Å². The molecule has 0 saturated heterocycles. The Kier molecular flexibility index (Phi) is 11.1. The third-order valence-corrected chi connectivity index (χ3v) is 4.75. The maximum absolute atomic E-state index is 12.1. The molecule has 6 nitrogen and oxygen atoms in total. The number of benzene rings is 1. The number of rotatable bonds is 9. The van der Waals surface area contributed by atoms with Gasteiger partial charge in [0.25, 0.3) is 0 Å². The van der Waals surface area contributed by atoms with Crippen molar-refractivity contribution in [1.29, 1.82) is 0 Å². The van der Waals surface area contributed by atoms with Crippen molar-refractivity contribution in [2.24, 2.45) is 4.99 Å². The number of aliphatic imine (C=N–C) groups is 1. The first kappa shape index (κ1) is 21.6. The Morgan fingerprint density at radius 1 is 1.20 bits per heavy atom. The molecule has 0 saturated carbocycles. The smallest absolute Gasteiger partial charge is 0.191 e. The summed E-state index contributed by atoms with van der Waals surface area (Å²) in [6.45, 7) is 2.32. The molecule has 0 bridgehead atoms. The highest BCUT2D eigenvalue weighted by molar-refractivity contribution is 14.0. The highest BCUT2D eigenvalue weighted by Gasteiger charge is 2.03. The molecule has 8 heteroatoms. The van der Waals surface area contributed by atoms with Crippen LogP contribution in [0.1, 0.15) is 12.0 Å². The van der Waals surface area contributed by atoms with Crippen LogP contribution < -0.4 is 10.6 Å². The van der Waals surface area contributed by atoms with Gasteiger partial charge >= 0.3 is 0 Å². The summed E-state index contributed by atoms with van der Waals surface area (Å²) in [6.07, 6.45) is 4.70. The van der Waals surface area contributed by atoms with Gasteiger partial charge in [0, 0.05) is 61.4 Å². The van der Waals surface area contributed by atoms with E-state index in [9.17, 15) is 4.21 Å². The van der Waals surface area contributed by atoms with Crippen molar-refractivity contribution in [2.75, 3.05) is 25.9 Å². The molecule has 0 spiro atoms. The van der Waals surface area contributed by atoms with Crippen LogP contribution in [-0.4, -0.2) is 45.8 Å². The normalized spacial score (nSPS) is 12.3. The fourth-order valence-electron chi connectivity index (χ4n) is 2.22. The van der Waals surface area contributed by atoms with Crippen LogP contribution in [0.15, 0.2) is 53.8 Å². The van der Waals surface area contributed by atoms with E-state index in [4.69, 9.17) is 0 Å². The molecule has 1 heterocycles. The van der Waals surface area contributed by atoms with Gasteiger partial charge in [-0.15, -0.1) is 24.0 Å². The van der Waals surface area contributed by atoms with Gasteiger partial charge in [0.1, 0.15) is 0 Å². The zero-order valence-corrected chi connectivity index (χ0v) is 17.6. The van der Waals surface area contributed by atoms with E-state index in [2.05, 4.69) is 20.7 Å². The Balaban J connectivity index is 0.00000312. The number of halogens is 1. The summed E-state index contributed by atoms with van der Waals surface area (Å²) >= 11 is 0. The minimum atomic E-state index is -0.874. The van der Waals surface area contributed by atoms with Gasteiger partial charge in [0.2, 0.25) is 0 Å². The summed E-state index contributed by atoms with van der Waals surface area (Å²) < 4.78 is 14.0. The van der Waals surface area contributed by atoms with Crippen molar-refractivity contribution in [3.63, 3.8) is 0 Å². The number of nitrogens with one attached hydrogen (secondary N) is 2. The summed E-state index contributed by atoms with van der Waals surface area (Å²) in [6, 6.07) is 11.8. The maximum atomic E-state index is 12.1. The van der Waals surface area contributed by atoms with Crippen LogP contribution in [0.2, 0.25) is 0 Å². The molecule has 1 aromatic heterocycles. The molecule has 2 N–H and O–H groups in total. The van der Waals surface area contributed by atoms with E-state index < -0.39 is 10.8 Å². The molecule has 0 aliphatic heterocycles. The number of guanidine groups is 1. The van der Waals surface area contributed by atoms with Crippen molar-refractivity contribution in [1.82, 2.24) is 20.4 Å². The highest BCUT2D eigenvalue weighted by atomic mass is 127. The van der Waals surface area contributed by atoms with E-state index in [1.807, 2.05) is 47.3 Å². The molecule has 2 rings (SSSR count). The lowest BCUT2D eigenvalue weighted by Crippen LogP contribution is -2.39. The van der Waals surface area contributed by atoms with E-state index in [1.54, 1.807) is 13.2 Å². The topological polar surface area (TPSA) is 71.3 Å². The SMILES string of the molecule is CN=C(NCCCn1cccn1)NCCS(=O)Cc1ccccc1.I.